The Bertz CT molecular complexity index is 1280. The molecule has 1 atom stereocenters. The van der Waals surface area contributed by atoms with Crippen molar-refractivity contribution in [2.75, 3.05) is 6.26 Å². The van der Waals surface area contributed by atoms with Gasteiger partial charge in [0, 0.05) is 6.26 Å². The normalized spacial score (nSPS) is 12.7. The number of benzene rings is 2. The van der Waals surface area contributed by atoms with Crippen LogP contribution in [0.4, 0.5) is 13.6 Å². The first-order valence-corrected chi connectivity index (χ1v) is 10.1. The maximum Gasteiger partial charge on any atom is 0.405 e. The van der Waals surface area contributed by atoms with Gasteiger partial charge in [-0.1, -0.05) is 12.1 Å². The minimum atomic E-state index is -3.87. The van der Waals surface area contributed by atoms with E-state index in [2.05, 4.69) is 10.3 Å². The van der Waals surface area contributed by atoms with Gasteiger partial charge in [-0.2, -0.15) is 0 Å². The zero-order chi connectivity index (χ0) is 21.5. The summed E-state index contributed by atoms with van der Waals surface area (Å²) in [5.41, 5.74) is -1.89. The van der Waals surface area contributed by atoms with Gasteiger partial charge in [-0.05, 0) is 31.2 Å². The lowest BCUT2D eigenvalue weighted by Gasteiger charge is -2.19. The molecule has 3 rings (SSSR count). The van der Waals surface area contributed by atoms with Gasteiger partial charge in [0.2, 0.25) is 0 Å². The van der Waals surface area contributed by atoms with Gasteiger partial charge in [0.1, 0.15) is 23.1 Å². The molecule has 0 saturated carbocycles. The van der Waals surface area contributed by atoms with E-state index < -0.39 is 44.9 Å². The summed E-state index contributed by atoms with van der Waals surface area (Å²) in [7, 11) is -3.87. The number of aromatic nitrogens is 2. The van der Waals surface area contributed by atoms with Crippen molar-refractivity contribution >= 4 is 26.8 Å². The van der Waals surface area contributed by atoms with Crippen LogP contribution in [0.25, 0.3) is 16.6 Å². The molecule has 0 aliphatic heterocycles. The first kappa shape index (κ1) is 20.4. The van der Waals surface area contributed by atoms with Crippen LogP contribution < -0.4 is 10.9 Å². The average Bonchev–Trinajstić information content (AvgIpc) is 2.61. The van der Waals surface area contributed by atoms with Crippen LogP contribution in [0.1, 0.15) is 18.8 Å². The van der Waals surface area contributed by atoms with Crippen molar-refractivity contribution in [1.82, 2.24) is 14.9 Å². The minimum Gasteiger partial charge on any atom is -0.465 e. The second-order valence-electron chi connectivity index (χ2n) is 6.27. The molecule has 0 radical (unpaired) electrons. The minimum absolute atomic E-state index is 0.0556. The molecular weight excluding hydrogens is 408 g/mol. The van der Waals surface area contributed by atoms with Crippen LogP contribution in [0, 0.1) is 11.6 Å². The van der Waals surface area contributed by atoms with Gasteiger partial charge in [0.05, 0.1) is 21.8 Å². The summed E-state index contributed by atoms with van der Waals surface area (Å²) in [5, 5.41) is 10.7. The molecule has 1 unspecified atom stereocenters. The largest absolute Gasteiger partial charge is 0.465 e. The molecule has 0 spiro atoms. The van der Waals surface area contributed by atoms with E-state index in [-0.39, 0.29) is 21.6 Å². The van der Waals surface area contributed by atoms with Gasteiger partial charge in [-0.25, -0.2) is 27.0 Å². The predicted molar refractivity (Wildman–Crippen MR) is 99.9 cm³/mol. The average molecular weight is 423 g/mol. The topological polar surface area (TPSA) is 118 Å². The van der Waals surface area contributed by atoms with Crippen molar-refractivity contribution in [3.05, 3.63) is 64.2 Å². The van der Waals surface area contributed by atoms with Gasteiger partial charge in [-0.3, -0.25) is 9.36 Å². The lowest BCUT2D eigenvalue weighted by molar-refractivity contribution is 0.190. The zero-order valence-corrected chi connectivity index (χ0v) is 16.0. The quantitative estimate of drug-likeness (QED) is 0.665. The molecular formula is C18H15F2N3O5S. The van der Waals surface area contributed by atoms with Crippen LogP contribution in [-0.2, 0) is 9.84 Å². The summed E-state index contributed by atoms with van der Waals surface area (Å²) in [6.45, 7) is 1.33. The van der Waals surface area contributed by atoms with Gasteiger partial charge in [0.15, 0.2) is 9.84 Å². The fraction of sp³-hybridized carbons (Fsp3) is 0.167. The number of para-hydroxylation sites is 1. The molecule has 0 aliphatic carbocycles. The lowest BCUT2D eigenvalue weighted by Crippen LogP contribution is -2.33. The number of nitrogens with zero attached hydrogens (tertiary/aromatic N) is 2. The van der Waals surface area contributed by atoms with Crippen molar-refractivity contribution in [3.63, 3.8) is 0 Å². The Kier molecular flexibility index (Phi) is 5.09. The molecule has 2 aromatic carbocycles. The van der Waals surface area contributed by atoms with Crippen LogP contribution in [0.15, 0.2) is 46.1 Å². The molecule has 11 heteroatoms. The van der Waals surface area contributed by atoms with Crippen LogP contribution >= 0.6 is 0 Å². The fourth-order valence-corrected chi connectivity index (χ4v) is 3.87. The number of rotatable bonds is 4. The van der Waals surface area contributed by atoms with E-state index in [1.165, 1.54) is 25.1 Å². The molecule has 1 aromatic heterocycles. The number of carbonyl (C=O) groups is 1. The molecule has 0 fully saturated rings. The molecule has 0 aliphatic rings. The SMILES string of the molecule is CC(NC(=O)O)c1nc2cccc(S(C)(=O)=O)c2c(=O)n1-c1c(F)cccc1F. The number of carboxylic acid groups (broad SMARTS) is 1. The summed E-state index contributed by atoms with van der Waals surface area (Å²) in [4.78, 5) is 28.1. The highest BCUT2D eigenvalue weighted by molar-refractivity contribution is 7.91. The number of nitrogens with one attached hydrogen (secondary N) is 1. The van der Waals surface area contributed by atoms with Crippen molar-refractivity contribution in [2.24, 2.45) is 0 Å². The second-order valence-corrected chi connectivity index (χ2v) is 8.26. The molecule has 1 amide bonds. The Balaban J connectivity index is 2.54. The summed E-state index contributed by atoms with van der Waals surface area (Å²) in [6.07, 6.45) is -0.560. The van der Waals surface area contributed by atoms with Crippen molar-refractivity contribution in [3.8, 4) is 5.69 Å². The zero-order valence-electron chi connectivity index (χ0n) is 15.2. The van der Waals surface area contributed by atoms with Gasteiger partial charge in [-0.15, -0.1) is 0 Å². The first-order chi connectivity index (χ1) is 13.5. The third-order valence-corrected chi connectivity index (χ3v) is 5.31. The maximum absolute atomic E-state index is 14.5. The lowest BCUT2D eigenvalue weighted by atomic mass is 10.2. The Morgan fingerprint density at radius 2 is 1.76 bits per heavy atom. The third-order valence-electron chi connectivity index (χ3n) is 4.17. The summed E-state index contributed by atoms with van der Waals surface area (Å²) >= 11 is 0. The number of halogens is 2. The van der Waals surface area contributed by atoms with E-state index in [0.29, 0.717) is 4.57 Å². The first-order valence-electron chi connectivity index (χ1n) is 8.22. The van der Waals surface area contributed by atoms with Crippen LogP contribution in [-0.4, -0.2) is 35.4 Å². The Morgan fingerprint density at radius 3 is 2.31 bits per heavy atom. The Morgan fingerprint density at radius 1 is 1.17 bits per heavy atom. The van der Waals surface area contributed by atoms with E-state index in [4.69, 9.17) is 5.11 Å². The van der Waals surface area contributed by atoms with E-state index in [0.717, 1.165) is 24.5 Å². The number of fused-ring (bicyclic) bond motifs is 1. The highest BCUT2D eigenvalue weighted by atomic mass is 32.2. The highest BCUT2D eigenvalue weighted by Gasteiger charge is 2.26. The van der Waals surface area contributed by atoms with Crippen molar-refractivity contribution in [2.45, 2.75) is 17.9 Å². The standard InChI is InChI=1S/C18H15F2N3O5S/c1-9(21-18(25)26)16-22-12-7-4-8-13(29(2,27)28)14(12)17(24)23(16)15-10(19)5-3-6-11(15)20/h3-9,21H,1-2H3,(H,25,26). The van der Waals surface area contributed by atoms with E-state index in [9.17, 15) is 26.8 Å². The monoisotopic (exact) mass is 423 g/mol. The molecule has 29 heavy (non-hydrogen) atoms. The number of sulfone groups is 1. The smallest absolute Gasteiger partial charge is 0.405 e. The van der Waals surface area contributed by atoms with Gasteiger partial charge < -0.3 is 10.4 Å². The molecule has 2 N–H and O–H groups in total. The number of hydrogen-bond acceptors (Lipinski definition) is 5. The van der Waals surface area contributed by atoms with Gasteiger partial charge in [0.25, 0.3) is 5.56 Å². The van der Waals surface area contributed by atoms with Crippen LogP contribution in [0.5, 0.6) is 0 Å². The van der Waals surface area contributed by atoms with Crippen molar-refractivity contribution < 1.29 is 27.1 Å². The Hall–Kier alpha value is -3.34. The third kappa shape index (κ3) is 3.68. The number of hydrogen-bond donors (Lipinski definition) is 2. The predicted octanol–water partition coefficient (Wildman–Crippen LogP) is 2.40. The summed E-state index contributed by atoms with van der Waals surface area (Å²) in [6, 6.07) is 5.66. The summed E-state index contributed by atoms with van der Waals surface area (Å²) in [5.74, 6) is -2.51. The molecule has 1 heterocycles. The van der Waals surface area contributed by atoms with Crippen LogP contribution in [0.2, 0.25) is 0 Å². The van der Waals surface area contributed by atoms with E-state index >= 15 is 0 Å². The fourth-order valence-electron chi connectivity index (χ4n) is 2.98. The molecule has 3 aromatic rings. The van der Waals surface area contributed by atoms with E-state index in [1.807, 2.05) is 0 Å². The molecule has 0 saturated heterocycles. The second kappa shape index (κ2) is 7.24. The van der Waals surface area contributed by atoms with Crippen molar-refractivity contribution in [1.29, 1.82) is 0 Å². The molecule has 0 bridgehead atoms. The Labute approximate surface area is 163 Å². The maximum atomic E-state index is 14.5. The molecule has 8 nitrogen and oxygen atoms in total. The highest BCUT2D eigenvalue weighted by Crippen LogP contribution is 2.25. The van der Waals surface area contributed by atoms with E-state index in [1.54, 1.807) is 0 Å². The molecule has 152 valence electrons. The summed E-state index contributed by atoms with van der Waals surface area (Å²) < 4.78 is 53.8. The van der Waals surface area contributed by atoms with Crippen LogP contribution in [0.3, 0.4) is 0 Å². The number of amides is 1. The van der Waals surface area contributed by atoms with Gasteiger partial charge >= 0.3 is 6.09 Å².